The molecule has 170 valence electrons. The molecule has 1 amide bonds. The van der Waals surface area contributed by atoms with Crippen molar-refractivity contribution in [1.82, 2.24) is 25.3 Å². The molecule has 0 bridgehead atoms. The Morgan fingerprint density at radius 1 is 1.12 bits per heavy atom. The molecule has 8 heteroatoms. The van der Waals surface area contributed by atoms with Crippen molar-refractivity contribution in [3.63, 3.8) is 0 Å². The van der Waals surface area contributed by atoms with Crippen LogP contribution in [0.4, 0.5) is 0 Å². The van der Waals surface area contributed by atoms with E-state index in [1.165, 1.54) is 11.3 Å². The Labute approximate surface area is 196 Å². The number of carbonyl (C=O) groups excluding carboxylic acids is 2. The zero-order valence-corrected chi connectivity index (χ0v) is 19.4. The summed E-state index contributed by atoms with van der Waals surface area (Å²) in [5, 5.41) is 4.16. The molecule has 3 aromatic heterocycles. The summed E-state index contributed by atoms with van der Waals surface area (Å²) in [7, 11) is 0. The Bertz CT molecular complexity index is 1220. The first-order valence-electron chi connectivity index (χ1n) is 11.2. The average Bonchev–Trinajstić information content (AvgIpc) is 3.55. The van der Waals surface area contributed by atoms with Gasteiger partial charge in [-0.15, -0.1) is 11.3 Å². The number of hydrogen-bond donors (Lipinski definition) is 2. The van der Waals surface area contributed by atoms with Gasteiger partial charge in [-0.2, -0.15) is 0 Å². The zero-order chi connectivity index (χ0) is 23.0. The van der Waals surface area contributed by atoms with Crippen LogP contribution in [-0.2, 0) is 4.79 Å². The van der Waals surface area contributed by atoms with E-state index >= 15 is 0 Å². The number of rotatable bonds is 11. The molecule has 33 heavy (non-hydrogen) atoms. The molecular weight excluding hydrogens is 434 g/mol. The molecule has 0 aliphatic heterocycles. The highest BCUT2D eigenvalue weighted by Gasteiger charge is 2.20. The van der Waals surface area contributed by atoms with Crippen LogP contribution in [0.15, 0.2) is 54.4 Å². The van der Waals surface area contributed by atoms with E-state index in [1.807, 2.05) is 31.2 Å². The minimum absolute atomic E-state index is 0.154. The molecule has 0 radical (unpaired) electrons. The summed E-state index contributed by atoms with van der Waals surface area (Å²) < 4.78 is 0. The van der Waals surface area contributed by atoms with Gasteiger partial charge in [0.15, 0.2) is 0 Å². The van der Waals surface area contributed by atoms with E-state index < -0.39 is 0 Å². The topological polar surface area (TPSA) is 101 Å². The molecular formula is C25H27N5O2S. The van der Waals surface area contributed by atoms with Gasteiger partial charge in [0, 0.05) is 30.0 Å². The van der Waals surface area contributed by atoms with Crippen LogP contribution in [0, 0.1) is 0 Å². The Morgan fingerprint density at radius 3 is 2.85 bits per heavy atom. The molecule has 0 fully saturated rings. The number of Topliss-reactive ketones (excluding diaryl/α,β-unsaturated/α-hetero) is 1. The minimum atomic E-state index is -0.252. The maximum Gasteiger partial charge on any atom is 0.263 e. The Hall–Kier alpha value is -3.39. The summed E-state index contributed by atoms with van der Waals surface area (Å²) in [6.07, 6.45) is 9.81. The van der Waals surface area contributed by atoms with E-state index in [9.17, 15) is 9.59 Å². The van der Waals surface area contributed by atoms with Crippen LogP contribution in [-0.4, -0.2) is 31.6 Å². The van der Waals surface area contributed by atoms with Crippen molar-refractivity contribution >= 4 is 33.9 Å². The second kappa shape index (κ2) is 11.0. The van der Waals surface area contributed by atoms with Gasteiger partial charge in [-0.25, -0.2) is 4.98 Å². The predicted octanol–water partition coefficient (Wildman–Crippen LogP) is 5.48. The average molecular weight is 462 g/mol. The molecule has 0 unspecified atom stereocenters. The van der Waals surface area contributed by atoms with Gasteiger partial charge < -0.3 is 10.3 Å². The summed E-state index contributed by atoms with van der Waals surface area (Å²) in [6, 6.07) is 9.79. The third-order valence-corrected chi connectivity index (χ3v) is 6.42. The molecule has 0 aliphatic rings. The molecule has 1 aromatic carbocycles. The lowest BCUT2D eigenvalue weighted by molar-refractivity contribution is -0.118. The van der Waals surface area contributed by atoms with E-state index in [1.54, 1.807) is 24.1 Å². The number of ketones is 1. The summed E-state index contributed by atoms with van der Waals surface area (Å²) in [5.41, 5.74) is 4.49. The highest BCUT2D eigenvalue weighted by atomic mass is 32.1. The molecule has 0 saturated heterocycles. The number of aromatic nitrogens is 4. The third-order valence-electron chi connectivity index (χ3n) is 5.64. The Kier molecular flexibility index (Phi) is 7.57. The molecule has 1 atom stereocenters. The maximum atomic E-state index is 12.7. The maximum absolute atomic E-state index is 12.7. The number of nitrogens with one attached hydrogen (secondary N) is 2. The Balaban J connectivity index is 1.48. The second-order valence-corrected chi connectivity index (χ2v) is 8.86. The van der Waals surface area contributed by atoms with Gasteiger partial charge in [0.25, 0.3) is 5.91 Å². The first kappa shape index (κ1) is 22.8. The summed E-state index contributed by atoms with van der Waals surface area (Å²) in [4.78, 5) is 41.2. The van der Waals surface area contributed by atoms with Crippen LogP contribution in [0.1, 0.15) is 67.0 Å². The number of hydrogen-bond acceptors (Lipinski definition) is 6. The number of H-pyrrole nitrogens is 1. The fraction of sp³-hybridized carbons (Fsp3) is 0.320. The number of nitrogens with zero attached hydrogens (tertiary/aromatic N) is 3. The van der Waals surface area contributed by atoms with Gasteiger partial charge in [-0.3, -0.25) is 19.6 Å². The number of imidazole rings is 1. The monoisotopic (exact) mass is 461 g/mol. The lowest BCUT2D eigenvalue weighted by Crippen LogP contribution is -2.28. The van der Waals surface area contributed by atoms with Crippen molar-refractivity contribution in [2.45, 2.75) is 51.5 Å². The standard InChI is InChI=1S/C25H27N5O2S/c1-2-19(31)8-4-3-5-9-21(30-25(32)23-15-26-16-33-23)24-28-14-22(29-24)18-10-11-20-17(13-18)7-6-12-27-20/h6-7,10-16,21H,2-5,8-9H2,1H3,(H,28,29)(H,30,32)/t21-/m0/s1. The number of unbranched alkanes of at least 4 members (excludes halogenated alkanes) is 2. The van der Waals surface area contributed by atoms with Gasteiger partial charge in [-0.1, -0.05) is 31.9 Å². The van der Waals surface area contributed by atoms with Crippen LogP contribution in [0.3, 0.4) is 0 Å². The normalized spacial score (nSPS) is 12.0. The molecule has 2 N–H and O–H groups in total. The van der Waals surface area contributed by atoms with E-state index in [0.717, 1.165) is 53.7 Å². The van der Waals surface area contributed by atoms with Crippen molar-refractivity contribution < 1.29 is 9.59 Å². The zero-order valence-electron chi connectivity index (χ0n) is 18.6. The third kappa shape index (κ3) is 5.90. The first-order chi connectivity index (χ1) is 16.1. The van der Waals surface area contributed by atoms with Crippen LogP contribution >= 0.6 is 11.3 Å². The van der Waals surface area contributed by atoms with E-state index in [0.29, 0.717) is 23.5 Å². The Morgan fingerprint density at radius 2 is 2.03 bits per heavy atom. The summed E-state index contributed by atoms with van der Waals surface area (Å²) >= 11 is 1.31. The molecule has 7 nitrogen and oxygen atoms in total. The molecule has 0 saturated carbocycles. The predicted molar refractivity (Wildman–Crippen MR) is 130 cm³/mol. The molecule has 0 spiro atoms. The first-order valence-corrected chi connectivity index (χ1v) is 12.1. The van der Waals surface area contributed by atoms with E-state index in [4.69, 9.17) is 0 Å². The van der Waals surface area contributed by atoms with Gasteiger partial charge in [0.2, 0.25) is 0 Å². The van der Waals surface area contributed by atoms with Crippen LogP contribution in [0.5, 0.6) is 0 Å². The quantitative estimate of drug-likeness (QED) is 0.288. The largest absolute Gasteiger partial charge is 0.341 e. The van der Waals surface area contributed by atoms with Gasteiger partial charge in [-0.05, 0) is 31.0 Å². The van der Waals surface area contributed by atoms with Gasteiger partial charge in [0.05, 0.1) is 35.2 Å². The molecule has 0 aliphatic carbocycles. The highest BCUT2D eigenvalue weighted by Crippen LogP contribution is 2.25. The highest BCUT2D eigenvalue weighted by molar-refractivity contribution is 7.11. The van der Waals surface area contributed by atoms with E-state index in [2.05, 4.69) is 31.3 Å². The number of carbonyl (C=O) groups is 2. The van der Waals surface area contributed by atoms with Crippen LogP contribution in [0.25, 0.3) is 22.2 Å². The smallest absolute Gasteiger partial charge is 0.263 e. The fourth-order valence-corrected chi connectivity index (χ4v) is 4.29. The SMILES string of the molecule is CCC(=O)CCCCC[C@H](NC(=O)c1cncs1)c1ncc(-c2ccc3ncccc3c2)[nH]1. The van der Waals surface area contributed by atoms with Crippen molar-refractivity contribution in [2.24, 2.45) is 0 Å². The number of fused-ring (bicyclic) bond motifs is 1. The van der Waals surface area contributed by atoms with Crippen molar-refractivity contribution in [1.29, 1.82) is 0 Å². The van der Waals surface area contributed by atoms with Gasteiger partial charge in [0.1, 0.15) is 16.5 Å². The lowest BCUT2D eigenvalue weighted by Gasteiger charge is -2.16. The molecule has 4 aromatic rings. The minimum Gasteiger partial charge on any atom is -0.341 e. The van der Waals surface area contributed by atoms with Crippen molar-refractivity contribution in [3.8, 4) is 11.3 Å². The number of pyridine rings is 1. The van der Waals surface area contributed by atoms with Crippen LogP contribution in [0.2, 0.25) is 0 Å². The molecule has 3 heterocycles. The second-order valence-electron chi connectivity index (χ2n) is 7.98. The van der Waals surface area contributed by atoms with Crippen molar-refractivity contribution in [3.05, 3.63) is 65.1 Å². The van der Waals surface area contributed by atoms with E-state index in [-0.39, 0.29) is 11.9 Å². The van der Waals surface area contributed by atoms with Crippen molar-refractivity contribution in [2.75, 3.05) is 0 Å². The summed E-state index contributed by atoms with van der Waals surface area (Å²) in [5.74, 6) is 0.864. The summed E-state index contributed by atoms with van der Waals surface area (Å²) in [6.45, 7) is 1.90. The fourth-order valence-electron chi connectivity index (χ4n) is 3.76. The van der Waals surface area contributed by atoms with Crippen LogP contribution < -0.4 is 5.32 Å². The number of aromatic amines is 1. The van der Waals surface area contributed by atoms with Gasteiger partial charge >= 0.3 is 0 Å². The molecule has 4 rings (SSSR count). The number of thiazole rings is 1. The number of benzene rings is 1. The number of amides is 1. The lowest BCUT2D eigenvalue weighted by atomic mass is 10.0.